The van der Waals surface area contributed by atoms with Gasteiger partial charge in [-0.05, 0) is 60.4 Å². The highest BCUT2D eigenvalue weighted by Gasteiger charge is 2.48. The average Bonchev–Trinajstić information content (AvgIpc) is 3.62. The summed E-state index contributed by atoms with van der Waals surface area (Å²) in [6.45, 7) is 7.40. The number of imide groups is 1. The Kier molecular flexibility index (Phi) is 8.59. The maximum Gasteiger partial charge on any atom is 0.348 e. The van der Waals surface area contributed by atoms with Crippen LogP contribution in [0.15, 0.2) is 59.4 Å². The van der Waals surface area contributed by atoms with Gasteiger partial charge in [0.1, 0.15) is 23.7 Å². The lowest BCUT2D eigenvalue weighted by Gasteiger charge is -2.44. The minimum Gasteiger partial charge on any atom is -0.508 e. The van der Waals surface area contributed by atoms with Gasteiger partial charge >= 0.3 is 5.69 Å². The number of hydrogen-bond donors (Lipinski definition) is 5. The second kappa shape index (κ2) is 13.1. The molecule has 264 valence electrons. The Labute approximate surface area is 292 Å². The molecule has 5 N–H and O–H groups in total. The molecule has 7 rings (SSSR count). The molecule has 4 aromatic rings. The Morgan fingerprint density at radius 2 is 1.63 bits per heavy atom. The first-order chi connectivity index (χ1) is 24.4. The van der Waals surface area contributed by atoms with Gasteiger partial charge in [0, 0.05) is 68.1 Å². The molecule has 3 aliphatic rings. The number of aromatic nitrogens is 3. The van der Waals surface area contributed by atoms with Crippen LogP contribution in [0.1, 0.15) is 67.2 Å². The fourth-order valence-electron chi connectivity index (χ4n) is 7.33. The van der Waals surface area contributed by atoms with Gasteiger partial charge < -0.3 is 25.3 Å². The second-order valence-electron chi connectivity index (χ2n) is 13.3. The van der Waals surface area contributed by atoms with Crippen molar-refractivity contribution in [2.75, 3.05) is 36.4 Å². The van der Waals surface area contributed by atoms with Gasteiger partial charge in [0.2, 0.25) is 17.7 Å². The Morgan fingerprint density at radius 3 is 2.29 bits per heavy atom. The number of nitrogens with zero attached hydrogens (tertiary/aromatic N) is 5. The molecule has 4 amide bonds. The number of aromatic amines is 1. The van der Waals surface area contributed by atoms with Gasteiger partial charge in [0.05, 0.1) is 11.3 Å². The molecule has 3 aliphatic heterocycles. The predicted molar refractivity (Wildman–Crippen MR) is 187 cm³/mol. The average molecular weight is 695 g/mol. The number of benzene rings is 3. The van der Waals surface area contributed by atoms with Crippen molar-refractivity contribution < 1.29 is 29.4 Å². The van der Waals surface area contributed by atoms with Crippen molar-refractivity contribution in [2.24, 2.45) is 0 Å². The van der Waals surface area contributed by atoms with E-state index in [1.165, 1.54) is 17.6 Å². The van der Waals surface area contributed by atoms with Crippen LogP contribution in [0.5, 0.6) is 11.5 Å². The molecule has 0 spiro atoms. The molecular formula is C36H38N8O7. The van der Waals surface area contributed by atoms with E-state index in [4.69, 9.17) is 0 Å². The number of phenols is 2. The van der Waals surface area contributed by atoms with Crippen LogP contribution in [0, 0.1) is 0 Å². The minimum absolute atomic E-state index is 0.0353. The van der Waals surface area contributed by atoms with Crippen LogP contribution in [-0.2, 0) is 14.4 Å². The Balaban J connectivity index is 1.14. The van der Waals surface area contributed by atoms with Crippen LogP contribution in [0.25, 0.3) is 17.1 Å². The summed E-state index contributed by atoms with van der Waals surface area (Å²) in [7, 11) is 0. The van der Waals surface area contributed by atoms with Crippen LogP contribution in [0.3, 0.4) is 0 Å². The van der Waals surface area contributed by atoms with Gasteiger partial charge in [-0.15, -0.1) is 0 Å². The first-order valence-electron chi connectivity index (χ1n) is 16.8. The summed E-state index contributed by atoms with van der Waals surface area (Å²) in [6.07, 6.45) is -0.314. The summed E-state index contributed by atoms with van der Waals surface area (Å²) in [5.41, 5.74) is 3.37. The molecule has 1 aromatic heterocycles. The number of phenolic OH excluding ortho intramolecular Hbond substituents is 2. The van der Waals surface area contributed by atoms with E-state index in [-0.39, 0.29) is 53.8 Å². The molecule has 2 atom stereocenters. The van der Waals surface area contributed by atoms with Crippen LogP contribution >= 0.6 is 0 Å². The van der Waals surface area contributed by atoms with Gasteiger partial charge in [-0.3, -0.25) is 29.4 Å². The summed E-state index contributed by atoms with van der Waals surface area (Å²) in [6, 6.07) is 14.5. The number of carbonyl (C=O) groups is 4. The molecule has 3 aromatic carbocycles. The van der Waals surface area contributed by atoms with Crippen molar-refractivity contribution >= 4 is 35.0 Å². The normalized spacial score (nSPS) is 19.4. The van der Waals surface area contributed by atoms with Crippen LogP contribution in [0.2, 0.25) is 0 Å². The molecule has 4 heterocycles. The molecule has 0 aliphatic carbocycles. The van der Waals surface area contributed by atoms with Crippen LogP contribution in [0.4, 0.5) is 11.4 Å². The van der Waals surface area contributed by atoms with Crippen molar-refractivity contribution in [1.29, 1.82) is 0 Å². The smallest absolute Gasteiger partial charge is 0.348 e. The number of anilines is 2. The number of piperazine rings is 1. The van der Waals surface area contributed by atoms with Crippen LogP contribution in [-0.4, -0.2) is 90.6 Å². The van der Waals surface area contributed by atoms with E-state index >= 15 is 0 Å². The number of carbonyl (C=O) groups excluding carboxylic acids is 4. The highest BCUT2D eigenvalue weighted by atomic mass is 16.3. The Morgan fingerprint density at radius 1 is 0.922 bits per heavy atom. The molecule has 2 unspecified atom stereocenters. The molecule has 15 nitrogen and oxygen atoms in total. The van der Waals surface area contributed by atoms with Crippen molar-refractivity contribution in [2.45, 2.75) is 51.7 Å². The van der Waals surface area contributed by atoms with Crippen molar-refractivity contribution in [3.63, 3.8) is 0 Å². The molecule has 51 heavy (non-hydrogen) atoms. The monoisotopic (exact) mass is 694 g/mol. The largest absolute Gasteiger partial charge is 0.508 e. The van der Waals surface area contributed by atoms with Gasteiger partial charge in [-0.1, -0.05) is 19.9 Å². The fourth-order valence-corrected chi connectivity index (χ4v) is 7.33. The molecule has 2 fully saturated rings. The Hall–Kier alpha value is -5.96. The molecule has 0 radical (unpaired) electrons. The Bertz CT molecular complexity index is 2110. The van der Waals surface area contributed by atoms with E-state index in [2.05, 4.69) is 30.6 Å². The lowest BCUT2D eigenvalue weighted by atomic mass is 9.98. The third-order valence-corrected chi connectivity index (χ3v) is 9.76. The number of rotatable bonds is 7. The zero-order valence-corrected chi connectivity index (χ0v) is 28.3. The number of hydrogen-bond acceptors (Lipinski definition) is 10. The number of amides is 4. The molecule has 2 saturated heterocycles. The summed E-state index contributed by atoms with van der Waals surface area (Å²) in [5.74, 6) is -1.59. The van der Waals surface area contributed by atoms with Gasteiger partial charge in [0.25, 0.3) is 5.91 Å². The van der Waals surface area contributed by atoms with Crippen molar-refractivity contribution in [3.05, 3.63) is 81.8 Å². The first kappa shape index (κ1) is 33.5. The molecular weight excluding hydrogens is 656 g/mol. The number of piperidine rings is 1. The number of nitrogens with one attached hydrogen (secondary N) is 3. The minimum atomic E-state index is -0.847. The van der Waals surface area contributed by atoms with Crippen molar-refractivity contribution in [3.8, 4) is 28.6 Å². The maximum atomic E-state index is 13.9. The highest BCUT2D eigenvalue weighted by Crippen LogP contribution is 2.44. The van der Waals surface area contributed by atoms with E-state index in [0.29, 0.717) is 59.8 Å². The number of aromatic hydroxyl groups is 2. The predicted octanol–water partition coefficient (Wildman–Crippen LogP) is 2.80. The van der Waals surface area contributed by atoms with Crippen molar-refractivity contribution in [1.82, 2.24) is 29.9 Å². The number of fused-ring (bicyclic) bond motifs is 1. The van der Waals surface area contributed by atoms with E-state index in [1.54, 1.807) is 41.3 Å². The quantitative estimate of drug-likeness (QED) is 0.180. The third-order valence-electron chi connectivity index (χ3n) is 9.76. The van der Waals surface area contributed by atoms with Gasteiger partial charge in [0.15, 0.2) is 5.82 Å². The molecule has 15 heteroatoms. The van der Waals surface area contributed by atoms with E-state index in [0.717, 1.165) is 5.69 Å². The summed E-state index contributed by atoms with van der Waals surface area (Å²) in [5, 5.41) is 32.9. The summed E-state index contributed by atoms with van der Waals surface area (Å²) < 4.78 is 1.36. The fraction of sp³-hybridized carbons (Fsp3) is 0.333. The van der Waals surface area contributed by atoms with E-state index in [1.807, 2.05) is 26.0 Å². The zero-order chi connectivity index (χ0) is 36.1. The van der Waals surface area contributed by atoms with Gasteiger partial charge in [-0.25, -0.2) is 14.5 Å². The highest BCUT2D eigenvalue weighted by molar-refractivity contribution is 6.07. The number of H-pyrrole nitrogens is 1. The standard InChI is InChI=1S/C36H38N8O7/c1-19(2)24-17-25(29(47)18-28(24)46)32-39-40-36(51)43(32)22-9-7-21(8-10-22)41-13-15-42(16-14-41)34-31-23(5-4-6-26(31)37-20(3)45)35(50)44(34)27-11-12-30(48)38-33(27)49/h4-10,17-19,27,34,46-47H,11-16H2,1-3H3,(H,37,45)(H,40,51)(H,38,48,49). The lowest BCUT2D eigenvalue weighted by molar-refractivity contribution is -0.138. The SMILES string of the molecule is CC(=O)Nc1cccc2c1C(N1CCN(c3ccc(-n4c(-c5cc(C(C)C)c(O)cc5O)n[nH]c4=O)cc3)CC1)N(C1CCC(=O)NC1=O)C2=O. The van der Waals surface area contributed by atoms with Crippen LogP contribution < -0.4 is 21.2 Å². The molecule has 0 bridgehead atoms. The van der Waals surface area contributed by atoms with Gasteiger partial charge in [-0.2, -0.15) is 5.10 Å². The lowest BCUT2D eigenvalue weighted by Crippen LogP contribution is -2.58. The topological polar surface area (TPSA) is 193 Å². The molecule has 0 saturated carbocycles. The second-order valence-corrected chi connectivity index (χ2v) is 13.3. The summed E-state index contributed by atoms with van der Waals surface area (Å²) >= 11 is 0. The third kappa shape index (κ3) is 5.98. The zero-order valence-electron chi connectivity index (χ0n) is 28.3. The maximum absolute atomic E-state index is 13.9. The van der Waals surface area contributed by atoms with E-state index in [9.17, 15) is 34.2 Å². The first-order valence-corrected chi connectivity index (χ1v) is 16.8. The van der Waals surface area contributed by atoms with E-state index < -0.39 is 23.8 Å². The summed E-state index contributed by atoms with van der Waals surface area (Å²) in [4.78, 5) is 69.9.